The fraction of sp³-hybridized carbons (Fsp3) is 0.400. The van der Waals surface area contributed by atoms with Gasteiger partial charge in [-0.05, 0) is 26.8 Å². The maximum absolute atomic E-state index is 11.7. The SMILES string of the molecule is CC(C)(C)[S@](=O)N=Cc1ccnc(Cl)c1Cl. The first-order valence-corrected chi connectivity index (χ1v) is 6.44. The number of pyridine rings is 1. The Morgan fingerprint density at radius 1 is 1.44 bits per heavy atom. The minimum absolute atomic E-state index is 0.215. The van der Waals surface area contributed by atoms with Crippen molar-refractivity contribution in [1.29, 1.82) is 0 Å². The van der Waals surface area contributed by atoms with Gasteiger partial charge in [0, 0.05) is 18.0 Å². The van der Waals surface area contributed by atoms with Crippen molar-refractivity contribution in [3.8, 4) is 0 Å². The minimum Gasteiger partial charge on any atom is -0.243 e. The molecule has 1 aromatic rings. The van der Waals surface area contributed by atoms with Crippen molar-refractivity contribution in [2.45, 2.75) is 25.5 Å². The van der Waals surface area contributed by atoms with E-state index in [1.165, 1.54) is 12.4 Å². The van der Waals surface area contributed by atoms with Gasteiger partial charge in [0.1, 0.15) is 16.1 Å². The van der Waals surface area contributed by atoms with Crippen molar-refractivity contribution in [3.63, 3.8) is 0 Å². The standard InChI is InChI=1S/C10H12Cl2N2OS/c1-10(2,3)16(15)14-6-7-4-5-13-9(12)8(7)11/h4-6H,1-3H3/t16-/m0/s1. The molecule has 6 heteroatoms. The van der Waals surface area contributed by atoms with E-state index in [9.17, 15) is 4.21 Å². The van der Waals surface area contributed by atoms with Crippen LogP contribution in [0, 0.1) is 0 Å². The molecule has 1 aromatic heterocycles. The van der Waals surface area contributed by atoms with Gasteiger partial charge < -0.3 is 0 Å². The zero-order chi connectivity index (χ0) is 12.3. The molecule has 88 valence electrons. The largest absolute Gasteiger partial charge is 0.243 e. The number of halogens is 2. The lowest BCUT2D eigenvalue weighted by molar-refractivity contribution is 0.651. The molecule has 16 heavy (non-hydrogen) atoms. The Balaban J connectivity index is 2.94. The molecule has 0 aliphatic heterocycles. The number of nitrogens with zero attached hydrogens (tertiary/aromatic N) is 2. The second kappa shape index (κ2) is 5.25. The highest BCUT2D eigenvalue weighted by Gasteiger charge is 2.18. The monoisotopic (exact) mass is 278 g/mol. The Bertz CT molecular complexity index is 441. The summed E-state index contributed by atoms with van der Waals surface area (Å²) in [6, 6.07) is 1.66. The molecule has 0 N–H and O–H groups in total. The fourth-order valence-corrected chi connectivity index (χ4v) is 1.65. The van der Waals surface area contributed by atoms with Crippen LogP contribution in [0.25, 0.3) is 0 Å². The lowest BCUT2D eigenvalue weighted by Gasteiger charge is -2.12. The van der Waals surface area contributed by atoms with E-state index < -0.39 is 11.0 Å². The highest BCUT2D eigenvalue weighted by molar-refractivity contribution is 7.85. The molecule has 0 radical (unpaired) electrons. The summed E-state index contributed by atoms with van der Waals surface area (Å²) in [5.41, 5.74) is 0.610. The average Bonchev–Trinajstić information content (AvgIpc) is 2.18. The van der Waals surface area contributed by atoms with Crippen LogP contribution in [-0.4, -0.2) is 20.2 Å². The van der Waals surface area contributed by atoms with Gasteiger partial charge in [0.05, 0.1) is 9.77 Å². The van der Waals surface area contributed by atoms with E-state index in [1.807, 2.05) is 20.8 Å². The van der Waals surface area contributed by atoms with Gasteiger partial charge in [-0.3, -0.25) is 0 Å². The Morgan fingerprint density at radius 2 is 2.06 bits per heavy atom. The summed E-state index contributed by atoms with van der Waals surface area (Å²) in [5, 5.41) is 0.533. The fourth-order valence-electron chi connectivity index (χ4n) is 0.794. The number of aromatic nitrogens is 1. The molecule has 1 heterocycles. The third-order valence-corrected chi connectivity index (χ3v) is 3.81. The summed E-state index contributed by atoms with van der Waals surface area (Å²) >= 11 is 11.6. The van der Waals surface area contributed by atoms with Crippen molar-refractivity contribution in [1.82, 2.24) is 4.98 Å². The molecular weight excluding hydrogens is 267 g/mol. The Labute approximate surface area is 107 Å². The summed E-state index contributed by atoms with van der Waals surface area (Å²) in [6.45, 7) is 5.55. The molecule has 0 aromatic carbocycles. The molecule has 0 unspecified atom stereocenters. The normalized spacial score (nSPS) is 14.3. The molecular formula is C10H12Cl2N2OS. The van der Waals surface area contributed by atoms with E-state index in [0.717, 1.165) is 0 Å². The molecule has 0 fully saturated rings. The van der Waals surface area contributed by atoms with Crippen LogP contribution >= 0.6 is 23.2 Å². The highest BCUT2D eigenvalue weighted by Crippen LogP contribution is 2.22. The van der Waals surface area contributed by atoms with Crippen LogP contribution < -0.4 is 0 Å². The van der Waals surface area contributed by atoms with Gasteiger partial charge in [-0.15, -0.1) is 0 Å². The first kappa shape index (κ1) is 13.6. The van der Waals surface area contributed by atoms with Crippen LogP contribution in [0.5, 0.6) is 0 Å². The summed E-state index contributed by atoms with van der Waals surface area (Å²) in [5.74, 6) is 0. The number of hydrogen-bond acceptors (Lipinski definition) is 2. The smallest absolute Gasteiger partial charge is 0.148 e. The number of hydrogen-bond donors (Lipinski definition) is 0. The van der Waals surface area contributed by atoms with Gasteiger partial charge in [0.15, 0.2) is 0 Å². The van der Waals surface area contributed by atoms with Crippen LogP contribution in [0.4, 0.5) is 0 Å². The lowest BCUT2D eigenvalue weighted by atomic mass is 10.3. The molecule has 0 aliphatic carbocycles. The number of rotatable bonds is 2. The minimum atomic E-state index is -1.31. The molecule has 0 spiro atoms. The molecule has 3 nitrogen and oxygen atoms in total. The van der Waals surface area contributed by atoms with Gasteiger partial charge in [0.2, 0.25) is 0 Å². The second-order valence-corrected chi connectivity index (χ2v) is 6.77. The zero-order valence-electron chi connectivity index (χ0n) is 9.20. The molecule has 0 aliphatic rings. The maximum Gasteiger partial charge on any atom is 0.148 e. The van der Waals surface area contributed by atoms with Crippen LogP contribution in [0.15, 0.2) is 16.7 Å². The van der Waals surface area contributed by atoms with Gasteiger partial charge in [-0.1, -0.05) is 23.2 Å². The summed E-state index contributed by atoms with van der Waals surface area (Å²) in [4.78, 5) is 3.81. The van der Waals surface area contributed by atoms with E-state index >= 15 is 0 Å². The van der Waals surface area contributed by atoms with Crippen molar-refractivity contribution in [2.24, 2.45) is 4.40 Å². The van der Waals surface area contributed by atoms with Crippen molar-refractivity contribution in [3.05, 3.63) is 28.0 Å². The zero-order valence-corrected chi connectivity index (χ0v) is 11.5. The molecule has 1 rings (SSSR count). The molecule has 0 amide bonds. The quantitative estimate of drug-likeness (QED) is 0.616. The first-order valence-electron chi connectivity index (χ1n) is 4.58. The maximum atomic E-state index is 11.7. The lowest BCUT2D eigenvalue weighted by Crippen LogP contribution is -2.19. The van der Waals surface area contributed by atoms with E-state index in [4.69, 9.17) is 23.2 Å². The molecule has 1 atom stereocenters. The van der Waals surface area contributed by atoms with Crippen molar-refractivity contribution in [2.75, 3.05) is 0 Å². The van der Waals surface area contributed by atoms with Crippen LogP contribution in [0.1, 0.15) is 26.3 Å². The van der Waals surface area contributed by atoms with Gasteiger partial charge in [-0.25, -0.2) is 9.19 Å². The third kappa shape index (κ3) is 3.54. The van der Waals surface area contributed by atoms with E-state index in [0.29, 0.717) is 10.6 Å². The highest BCUT2D eigenvalue weighted by atomic mass is 35.5. The van der Waals surface area contributed by atoms with Crippen molar-refractivity contribution >= 4 is 40.4 Å². The second-order valence-electron chi connectivity index (χ2n) is 4.10. The van der Waals surface area contributed by atoms with Gasteiger partial charge in [-0.2, -0.15) is 4.40 Å². The topological polar surface area (TPSA) is 42.3 Å². The molecule has 0 saturated heterocycles. The third-order valence-electron chi connectivity index (χ3n) is 1.69. The van der Waals surface area contributed by atoms with E-state index in [2.05, 4.69) is 9.38 Å². The predicted molar refractivity (Wildman–Crippen MR) is 69.7 cm³/mol. The van der Waals surface area contributed by atoms with Crippen molar-refractivity contribution < 1.29 is 4.21 Å². The van der Waals surface area contributed by atoms with E-state index in [-0.39, 0.29) is 9.90 Å². The van der Waals surface area contributed by atoms with Crippen LogP contribution in [0.3, 0.4) is 0 Å². The van der Waals surface area contributed by atoms with Gasteiger partial charge in [0.25, 0.3) is 0 Å². The first-order chi connectivity index (χ1) is 7.32. The van der Waals surface area contributed by atoms with Crippen LogP contribution in [-0.2, 0) is 11.0 Å². The Kier molecular flexibility index (Phi) is 4.47. The van der Waals surface area contributed by atoms with Gasteiger partial charge >= 0.3 is 0 Å². The summed E-state index contributed by atoms with van der Waals surface area (Å²) in [6.07, 6.45) is 2.98. The Hall–Kier alpha value is -0.450. The average molecular weight is 279 g/mol. The van der Waals surface area contributed by atoms with Crippen LogP contribution in [0.2, 0.25) is 10.2 Å². The Morgan fingerprint density at radius 3 is 2.62 bits per heavy atom. The van der Waals surface area contributed by atoms with E-state index in [1.54, 1.807) is 6.07 Å². The molecule has 0 bridgehead atoms. The summed E-state index contributed by atoms with van der Waals surface area (Å²) in [7, 11) is -1.31. The summed E-state index contributed by atoms with van der Waals surface area (Å²) < 4.78 is 15.2. The predicted octanol–water partition coefficient (Wildman–Crippen LogP) is 3.27. The molecule has 0 saturated carbocycles.